The molecular formula is C11H9IN2O. The molecule has 0 fully saturated rings. The average Bonchev–Trinajstić information content (AvgIpc) is 2.71. The first-order valence-electron chi connectivity index (χ1n) is 4.53. The monoisotopic (exact) mass is 312 g/mol. The average molecular weight is 312 g/mol. The first kappa shape index (κ1) is 10.4. The fourth-order valence-electron chi connectivity index (χ4n) is 1.33. The number of hydrogen-bond acceptors (Lipinski definition) is 2. The molecular weight excluding hydrogens is 303 g/mol. The second-order valence-electron chi connectivity index (χ2n) is 3.12. The normalized spacial score (nSPS) is 10.2. The molecule has 1 aromatic carbocycles. The van der Waals surface area contributed by atoms with Crippen LogP contribution in [0.25, 0.3) is 0 Å². The maximum Gasteiger partial charge on any atom is 0.171 e. The van der Waals surface area contributed by atoms with E-state index < -0.39 is 0 Å². The van der Waals surface area contributed by atoms with Crippen molar-refractivity contribution in [3.63, 3.8) is 0 Å². The third-order valence-corrected chi connectivity index (χ3v) is 3.00. The van der Waals surface area contributed by atoms with Crippen LogP contribution < -0.4 is 0 Å². The Labute approximate surface area is 101 Å². The van der Waals surface area contributed by atoms with Crippen molar-refractivity contribution < 1.29 is 4.79 Å². The lowest BCUT2D eigenvalue weighted by atomic mass is 10.1. The molecule has 1 N–H and O–H groups in total. The zero-order chi connectivity index (χ0) is 10.7. The highest BCUT2D eigenvalue weighted by molar-refractivity contribution is 14.1. The summed E-state index contributed by atoms with van der Waals surface area (Å²) in [5.41, 5.74) is 0.759. The highest BCUT2D eigenvalue weighted by Gasteiger charge is 2.10. The molecule has 0 unspecified atom stereocenters. The van der Waals surface area contributed by atoms with Crippen LogP contribution in [0.5, 0.6) is 0 Å². The zero-order valence-electron chi connectivity index (χ0n) is 7.90. The second-order valence-corrected chi connectivity index (χ2v) is 4.28. The fraction of sp³-hybridized carbons (Fsp3) is 0.0909. The summed E-state index contributed by atoms with van der Waals surface area (Å²) in [7, 11) is 0. The summed E-state index contributed by atoms with van der Waals surface area (Å²) in [6.45, 7) is 0. The Bertz CT molecular complexity index is 465. The van der Waals surface area contributed by atoms with Gasteiger partial charge in [-0.1, -0.05) is 18.2 Å². The van der Waals surface area contributed by atoms with Crippen molar-refractivity contribution in [2.45, 2.75) is 6.42 Å². The number of nitrogens with one attached hydrogen (secondary N) is 1. The lowest BCUT2D eigenvalue weighted by Gasteiger charge is -2.01. The van der Waals surface area contributed by atoms with Gasteiger partial charge in [0.05, 0.1) is 6.42 Å². The van der Waals surface area contributed by atoms with Gasteiger partial charge in [0.1, 0.15) is 5.82 Å². The first-order chi connectivity index (χ1) is 7.27. The molecule has 1 aromatic heterocycles. The minimum atomic E-state index is 0.0925. The van der Waals surface area contributed by atoms with Gasteiger partial charge in [0.2, 0.25) is 0 Å². The molecule has 0 bridgehead atoms. The molecule has 0 radical (unpaired) electrons. The quantitative estimate of drug-likeness (QED) is 0.699. The molecule has 0 saturated carbocycles. The molecule has 0 saturated heterocycles. The number of nitrogens with zero attached hydrogens (tertiary/aromatic N) is 1. The number of imidazole rings is 1. The van der Waals surface area contributed by atoms with Crippen molar-refractivity contribution in [2.75, 3.05) is 0 Å². The van der Waals surface area contributed by atoms with Crippen LogP contribution in [0.4, 0.5) is 0 Å². The lowest BCUT2D eigenvalue weighted by Crippen LogP contribution is -2.06. The van der Waals surface area contributed by atoms with Crippen LogP contribution in [0.15, 0.2) is 36.7 Å². The molecule has 0 amide bonds. The predicted molar refractivity (Wildman–Crippen MR) is 65.8 cm³/mol. The van der Waals surface area contributed by atoms with Gasteiger partial charge in [0, 0.05) is 21.5 Å². The number of carbonyl (C=O) groups is 1. The van der Waals surface area contributed by atoms with Crippen LogP contribution >= 0.6 is 22.6 Å². The van der Waals surface area contributed by atoms with E-state index in [1.54, 1.807) is 12.4 Å². The molecule has 1 heterocycles. The standard InChI is InChI=1S/C11H9IN2O/c12-9-4-2-1-3-8(9)10(15)7-11-13-5-6-14-11/h1-6H,7H2,(H,13,14). The van der Waals surface area contributed by atoms with Gasteiger partial charge < -0.3 is 4.98 Å². The van der Waals surface area contributed by atoms with Gasteiger partial charge >= 0.3 is 0 Å². The number of carbonyl (C=O) groups excluding carboxylic acids is 1. The first-order valence-corrected chi connectivity index (χ1v) is 5.61. The van der Waals surface area contributed by atoms with E-state index >= 15 is 0 Å². The summed E-state index contributed by atoms with van der Waals surface area (Å²) in [6.07, 6.45) is 3.70. The Morgan fingerprint density at radius 3 is 2.87 bits per heavy atom. The Balaban J connectivity index is 2.19. The number of aromatic amines is 1. The summed E-state index contributed by atoms with van der Waals surface area (Å²) >= 11 is 2.17. The van der Waals surface area contributed by atoms with Gasteiger partial charge in [-0.25, -0.2) is 4.98 Å². The van der Waals surface area contributed by atoms with E-state index in [4.69, 9.17) is 0 Å². The number of benzene rings is 1. The predicted octanol–water partition coefficient (Wildman–Crippen LogP) is 2.44. The molecule has 0 spiro atoms. The number of hydrogen-bond donors (Lipinski definition) is 1. The summed E-state index contributed by atoms with van der Waals surface area (Å²) < 4.78 is 0.978. The highest BCUT2D eigenvalue weighted by Crippen LogP contribution is 2.13. The summed E-state index contributed by atoms with van der Waals surface area (Å²) in [5.74, 6) is 0.801. The van der Waals surface area contributed by atoms with E-state index in [0.717, 1.165) is 9.13 Å². The Morgan fingerprint density at radius 2 is 2.20 bits per heavy atom. The van der Waals surface area contributed by atoms with Gasteiger partial charge in [0.15, 0.2) is 5.78 Å². The number of Topliss-reactive ketones (excluding diaryl/α,β-unsaturated/α-hetero) is 1. The van der Waals surface area contributed by atoms with E-state index in [1.807, 2.05) is 24.3 Å². The molecule has 0 atom stereocenters. The third kappa shape index (κ3) is 2.44. The van der Waals surface area contributed by atoms with Crippen LogP contribution in [0.2, 0.25) is 0 Å². The molecule has 76 valence electrons. The number of H-pyrrole nitrogens is 1. The Hall–Kier alpha value is -1.17. The number of aromatic nitrogens is 2. The SMILES string of the molecule is O=C(Cc1ncc[nH]1)c1ccccc1I. The Kier molecular flexibility index (Phi) is 3.15. The van der Waals surface area contributed by atoms with Gasteiger partial charge in [0.25, 0.3) is 0 Å². The molecule has 0 aliphatic carbocycles. The molecule has 4 heteroatoms. The molecule has 2 aromatic rings. The van der Waals surface area contributed by atoms with E-state index in [2.05, 4.69) is 32.6 Å². The number of rotatable bonds is 3. The van der Waals surface area contributed by atoms with Crippen LogP contribution in [0.3, 0.4) is 0 Å². The van der Waals surface area contributed by atoms with E-state index in [0.29, 0.717) is 12.2 Å². The highest BCUT2D eigenvalue weighted by atomic mass is 127. The fourth-order valence-corrected chi connectivity index (χ4v) is 2.02. The maximum absolute atomic E-state index is 11.9. The maximum atomic E-state index is 11.9. The van der Waals surface area contributed by atoms with Crippen molar-refractivity contribution in [3.05, 3.63) is 51.6 Å². The topological polar surface area (TPSA) is 45.8 Å². The molecule has 15 heavy (non-hydrogen) atoms. The molecule has 0 aliphatic heterocycles. The lowest BCUT2D eigenvalue weighted by molar-refractivity contribution is 0.0990. The molecule has 2 rings (SSSR count). The minimum Gasteiger partial charge on any atom is -0.348 e. The third-order valence-electron chi connectivity index (χ3n) is 2.06. The number of halogens is 1. The van der Waals surface area contributed by atoms with Crippen LogP contribution in [-0.4, -0.2) is 15.8 Å². The summed E-state index contributed by atoms with van der Waals surface area (Å²) in [4.78, 5) is 18.8. The van der Waals surface area contributed by atoms with Crippen molar-refractivity contribution >= 4 is 28.4 Å². The van der Waals surface area contributed by atoms with E-state index in [9.17, 15) is 4.79 Å². The molecule has 0 aliphatic rings. The summed E-state index contributed by atoms with van der Waals surface area (Å²) in [5, 5.41) is 0. The minimum absolute atomic E-state index is 0.0925. The smallest absolute Gasteiger partial charge is 0.171 e. The van der Waals surface area contributed by atoms with Crippen molar-refractivity contribution in [1.82, 2.24) is 9.97 Å². The van der Waals surface area contributed by atoms with E-state index in [-0.39, 0.29) is 5.78 Å². The summed E-state index contributed by atoms with van der Waals surface area (Å²) in [6, 6.07) is 7.56. The Morgan fingerprint density at radius 1 is 1.40 bits per heavy atom. The van der Waals surface area contributed by atoms with Crippen LogP contribution in [-0.2, 0) is 6.42 Å². The number of ketones is 1. The van der Waals surface area contributed by atoms with Gasteiger partial charge in [-0.2, -0.15) is 0 Å². The van der Waals surface area contributed by atoms with E-state index in [1.165, 1.54) is 0 Å². The van der Waals surface area contributed by atoms with Crippen molar-refractivity contribution in [1.29, 1.82) is 0 Å². The second kappa shape index (κ2) is 4.57. The van der Waals surface area contributed by atoms with Crippen molar-refractivity contribution in [2.24, 2.45) is 0 Å². The van der Waals surface area contributed by atoms with Gasteiger partial charge in [-0.15, -0.1) is 0 Å². The molecule has 3 nitrogen and oxygen atoms in total. The van der Waals surface area contributed by atoms with Crippen LogP contribution in [0.1, 0.15) is 16.2 Å². The van der Waals surface area contributed by atoms with Crippen molar-refractivity contribution in [3.8, 4) is 0 Å². The zero-order valence-corrected chi connectivity index (χ0v) is 10.1. The van der Waals surface area contributed by atoms with Gasteiger partial charge in [-0.3, -0.25) is 4.79 Å². The largest absolute Gasteiger partial charge is 0.348 e. The van der Waals surface area contributed by atoms with Gasteiger partial charge in [-0.05, 0) is 28.7 Å². The van der Waals surface area contributed by atoms with Crippen LogP contribution in [0, 0.1) is 3.57 Å².